The Morgan fingerprint density at radius 1 is 1.07 bits per heavy atom. The third-order valence-electron chi connectivity index (χ3n) is 3.97. The van der Waals surface area contributed by atoms with Gasteiger partial charge in [-0.3, -0.25) is 4.99 Å². The number of sulfone groups is 1. The molecule has 0 atom stereocenters. The van der Waals surface area contributed by atoms with Crippen LogP contribution in [-0.4, -0.2) is 34.3 Å². The predicted octanol–water partition coefficient (Wildman–Crippen LogP) is 2.63. The van der Waals surface area contributed by atoms with Crippen molar-refractivity contribution in [3.63, 3.8) is 0 Å². The Balaban J connectivity index is 2.04. The first-order valence-corrected chi connectivity index (χ1v) is 11.0. The number of halogens is 1. The molecule has 0 aliphatic rings. The Labute approximate surface area is 165 Å². The van der Waals surface area contributed by atoms with E-state index < -0.39 is 15.7 Å². The highest BCUT2D eigenvalue weighted by molar-refractivity contribution is 7.89. The topological polar surface area (TPSA) is 79.8 Å². The van der Waals surface area contributed by atoms with E-state index in [2.05, 4.69) is 15.6 Å². The van der Waals surface area contributed by atoms with Gasteiger partial charge in [-0.1, -0.05) is 24.3 Å². The quantitative estimate of drug-likeness (QED) is 0.519. The first-order valence-electron chi connectivity index (χ1n) is 8.92. The molecule has 2 N–H and O–H groups in total. The number of guanidine groups is 1. The number of rotatable bonds is 8. The summed E-state index contributed by atoms with van der Waals surface area (Å²) in [5.41, 5.74) is 2.12. The molecule has 2 aromatic carbocycles. The van der Waals surface area contributed by atoms with E-state index in [9.17, 15) is 12.8 Å². The van der Waals surface area contributed by atoms with Crippen molar-refractivity contribution in [1.29, 1.82) is 0 Å². The van der Waals surface area contributed by atoms with Crippen LogP contribution >= 0.6 is 0 Å². The molecule has 0 bridgehead atoms. The number of hydrogen-bond acceptors (Lipinski definition) is 4. The van der Waals surface area contributed by atoms with Crippen LogP contribution in [0.15, 0.2) is 47.5 Å². The standard InChI is InChI=1S/C20H26FN3O3S/c1-4-27-19-8-6-5-7-15(19)12-23-20(22-2)24-13-17-11-18(21)10-9-16(17)14-28(3,25)26/h5-11H,4,12-14H2,1-3H3,(H2,22,23,24). The second-order valence-electron chi connectivity index (χ2n) is 6.30. The molecule has 0 saturated carbocycles. The monoisotopic (exact) mass is 407 g/mol. The Bertz CT molecular complexity index is 930. The summed E-state index contributed by atoms with van der Waals surface area (Å²) in [5, 5.41) is 6.28. The van der Waals surface area contributed by atoms with Gasteiger partial charge in [-0.25, -0.2) is 12.8 Å². The number of benzene rings is 2. The van der Waals surface area contributed by atoms with E-state index in [1.54, 1.807) is 7.05 Å². The molecule has 0 aliphatic heterocycles. The fraction of sp³-hybridized carbons (Fsp3) is 0.350. The van der Waals surface area contributed by atoms with Gasteiger partial charge in [-0.05, 0) is 36.2 Å². The summed E-state index contributed by atoms with van der Waals surface area (Å²) >= 11 is 0. The number of aliphatic imine (C=N–C) groups is 1. The van der Waals surface area contributed by atoms with Crippen molar-refractivity contribution in [3.05, 3.63) is 65.0 Å². The molecule has 0 heterocycles. The van der Waals surface area contributed by atoms with Crippen LogP contribution in [0.3, 0.4) is 0 Å². The molecule has 0 radical (unpaired) electrons. The number of hydrogen-bond donors (Lipinski definition) is 2. The second-order valence-corrected chi connectivity index (χ2v) is 8.44. The zero-order valence-electron chi connectivity index (χ0n) is 16.3. The fourth-order valence-corrected chi connectivity index (χ4v) is 3.55. The lowest BCUT2D eigenvalue weighted by Crippen LogP contribution is -2.36. The van der Waals surface area contributed by atoms with Crippen molar-refractivity contribution < 1.29 is 17.5 Å². The summed E-state index contributed by atoms with van der Waals surface area (Å²) in [6.07, 6.45) is 1.16. The maximum absolute atomic E-state index is 13.6. The number of nitrogens with one attached hydrogen (secondary N) is 2. The molecule has 0 amide bonds. The van der Waals surface area contributed by atoms with Crippen LogP contribution in [0, 0.1) is 5.82 Å². The van der Waals surface area contributed by atoms with Gasteiger partial charge in [0, 0.05) is 32.0 Å². The molecule has 0 spiro atoms. The van der Waals surface area contributed by atoms with Crippen LogP contribution in [0.1, 0.15) is 23.6 Å². The van der Waals surface area contributed by atoms with Crippen molar-refractivity contribution in [2.24, 2.45) is 4.99 Å². The summed E-state index contributed by atoms with van der Waals surface area (Å²) < 4.78 is 42.5. The normalized spacial score (nSPS) is 11.9. The maximum atomic E-state index is 13.6. The van der Waals surface area contributed by atoms with Crippen LogP contribution in [0.2, 0.25) is 0 Å². The zero-order valence-corrected chi connectivity index (χ0v) is 17.1. The lowest BCUT2D eigenvalue weighted by atomic mass is 10.1. The van der Waals surface area contributed by atoms with Crippen LogP contribution in [0.4, 0.5) is 4.39 Å². The molecule has 6 nitrogen and oxygen atoms in total. The van der Waals surface area contributed by atoms with Gasteiger partial charge in [0.25, 0.3) is 0 Å². The van der Waals surface area contributed by atoms with Crippen molar-refractivity contribution >= 4 is 15.8 Å². The van der Waals surface area contributed by atoms with E-state index in [0.717, 1.165) is 17.6 Å². The summed E-state index contributed by atoms with van der Waals surface area (Å²) in [7, 11) is -1.59. The van der Waals surface area contributed by atoms with Gasteiger partial charge in [0.1, 0.15) is 11.6 Å². The van der Waals surface area contributed by atoms with Crippen molar-refractivity contribution in [3.8, 4) is 5.75 Å². The lowest BCUT2D eigenvalue weighted by Gasteiger charge is -2.15. The van der Waals surface area contributed by atoms with Crippen LogP contribution < -0.4 is 15.4 Å². The zero-order chi connectivity index (χ0) is 20.6. The van der Waals surface area contributed by atoms with Gasteiger partial charge in [0.2, 0.25) is 0 Å². The minimum absolute atomic E-state index is 0.141. The van der Waals surface area contributed by atoms with Crippen molar-refractivity contribution in [1.82, 2.24) is 10.6 Å². The predicted molar refractivity (Wildman–Crippen MR) is 110 cm³/mol. The average Bonchev–Trinajstić information content (AvgIpc) is 2.64. The first kappa shape index (κ1) is 21.7. The highest BCUT2D eigenvalue weighted by Gasteiger charge is 2.11. The average molecular weight is 408 g/mol. The molecular weight excluding hydrogens is 381 g/mol. The smallest absolute Gasteiger partial charge is 0.191 e. The van der Waals surface area contributed by atoms with Gasteiger partial charge in [0.15, 0.2) is 15.8 Å². The molecule has 2 rings (SSSR count). The molecule has 152 valence electrons. The van der Waals surface area contributed by atoms with Crippen molar-refractivity contribution in [2.45, 2.75) is 25.8 Å². The lowest BCUT2D eigenvalue weighted by molar-refractivity contribution is 0.336. The molecule has 28 heavy (non-hydrogen) atoms. The SMILES string of the molecule is CCOc1ccccc1CNC(=NC)NCc1cc(F)ccc1CS(C)(=O)=O. The van der Waals surface area contributed by atoms with Crippen LogP contribution in [-0.2, 0) is 28.7 Å². The van der Waals surface area contributed by atoms with E-state index in [-0.39, 0.29) is 12.3 Å². The maximum Gasteiger partial charge on any atom is 0.191 e. The molecule has 0 unspecified atom stereocenters. The third-order valence-corrected chi connectivity index (χ3v) is 4.81. The molecule has 2 aromatic rings. The minimum Gasteiger partial charge on any atom is -0.494 e. The molecular formula is C20H26FN3O3S. The van der Waals surface area contributed by atoms with Crippen molar-refractivity contribution in [2.75, 3.05) is 19.9 Å². The Hall–Kier alpha value is -2.61. The van der Waals surface area contributed by atoms with Gasteiger partial charge in [0.05, 0.1) is 12.4 Å². The summed E-state index contributed by atoms with van der Waals surface area (Å²) in [6, 6.07) is 11.8. The number of para-hydroxylation sites is 1. The first-order chi connectivity index (χ1) is 13.3. The highest BCUT2D eigenvalue weighted by Crippen LogP contribution is 2.17. The fourth-order valence-electron chi connectivity index (χ4n) is 2.71. The second kappa shape index (κ2) is 10.1. The van der Waals surface area contributed by atoms with E-state index in [0.29, 0.717) is 30.2 Å². The summed E-state index contributed by atoms with van der Waals surface area (Å²) in [5.74, 6) is 0.759. The minimum atomic E-state index is -3.22. The summed E-state index contributed by atoms with van der Waals surface area (Å²) in [6.45, 7) is 3.25. The Morgan fingerprint density at radius 2 is 1.75 bits per heavy atom. The van der Waals surface area contributed by atoms with Gasteiger partial charge in [-0.2, -0.15) is 0 Å². The largest absolute Gasteiger partial charge is 0.494 e. The van der Waals surface area contributed by atoms with E-state index in [4.69, 9.17) is 4.74 Å². The molecule has 0 saturated heterocycles. The van der Waals surface area contributed by atoms with Crippen LogP contribution in [0.5, 0.6) is 5.75 Å². The highest BCUT2D eigenvalue weighted by atomic mass is 32.2. The van der Waals surface area contributed by atoms with Crippen LogP contribution in [0.25, 0.3) is 0 Å². The molecule has 8 heteroatoms. The molecule has 0 fully saturated rings. The number of nitrogens with zero attached hydrogens (tertiary/aromatic N) is 1. The van der Waals surface area contributed by atoms with Gasteiger partial charge >= 0.3 is 0 Å². The molecule has 0 aliphatic carbocycles. The number of ether oxygens (including phenoxy) is 1. The van der Waals surface area contributed by atoms with Gasteiger partial charge in [-0.15, -0.1) is 0 Å². The molecule has 0 aromatic heterocycles. The Morgan fingerprint density at radius 3 is 2.39 bits per heavy atom. The summed E-state index contributed by atoms with van der Waals surface area (Å²) in [4.78, 5) is 4.16. The Kier molecular flexibility index (Phi) is 7.80. The van der Waals surface area contributed by atoms with E-state index in [1.807, 2.05) is 31.2 Å². The van der Waals surface area contributed by atoms with E-state index >= 15 is 0 Å². The third kappa shape index (κ3) is 6.84. The van der Waals surface area contributed by atoms with Gasteiger partial charge < -0.3 is 15.4 Å². The van der Waals surface area contributed by atoms with E-state index in [1.165, 1.54) is 18.2 Å².